The fourth-order valence-corrected chi connectivity index (χ4v) is 5.09. The summed E-state index contributed by atoms with van der Waals surface area (Å²) < 4.78 is 20.5. The fraction of sp³-hybridized carbons (Fsp3) is 0.432. The molecule has 7 heteroatoms. The number of ether oxygens (including phenoxy) is 1. The number of halogens is 1. The van der Waals surface area contributed by atoms with Crippen LogP contribution < -0.4 is 10.6 Å². The van der Waals surface area contributed by atoms with Gasteiger partial charge < -0.3 is 15.4 Å². The largest absolute Gasteiger partial charge is 0.460 e. The van der Waals surface area contributed by atoms with Crippen LogP contribution >= 0.6 is 0 Å². The topological polar surface area (TPSA) is 84.5 Å². The van der Waals surface area contributed by atoms with Crippen LogP contribution in [0, 0.1) is 17.2 Å². The van der Waals surface area contributed by atoms with E-state index in [1.165, 1.54) is 6.07 Å². The van der Waals surface area contributed by atoms with Gasteiger partial charge in [0.2, 0.25) is 11.8 Å². The Morgan fingerprint density at radius 2 is 1.43 bits per heavy atom. The van der Waals surface area contributed by atoms with Crippen molar-refractivity contribution in [3.8, 4) is 11.1 Å². The molecule has 2 amide bonds. The lowest BCUT2D eigenvalue weighted by Crippen LogP contribution is -2.55. The first-order valence-electron chi connectivity index (χ1n) is 15.4. The summed E-state index contributed by atoms with van der Waals surface area (Å²) in [6.07, 6.45) is 1.32. The number of hydrogen-bond acceptors (Lipinski definition) is 4. The molecule has 0 aliphatic heterocycles. The first-order valence-corrected chi connectivity index (χ1v) is 15.4. The molecule has 3 rings (SSSR count). The van der Waals surface area contributed by atoms with Crippen LogP contribution in [0.5, 0.6) is 0 Å². The van der Waals surface area contributed by atoms with E-state index in [9.17, 15) is 18.8 Å². The molecule has 3 unspecified atom stereocenters. The smallest absolute Gasteiger partial charge is 0.307 e. The van der Waals surface area contributed by atoms with E-state index in [0.29, 0.717) is 24.8 Å². The van der Waals surface area contributed by atoms with Crippen molar-refractivity contribution in [3.63, 3.8) is 0 Å². The summed E-state index contributed by atoms with van der Waals surface area (Å²) >= 11 is 0. The molecule has 0 aliphatic carbocycles. The third-order valence-electron chi connectivity index (χ3n) is 7.41. The molecule has 0 saturated carbocycles. The van der Waals surface area contributed by atoms with Gasteiger partial charge in [-0.05, 0) is 75.1 Å². The average Bonchev–Trinajstić information content (AvgIpc) is 2.94. The molecule has 3 aromatic rings. The molecule has 6 nitrogen and oxygen atoms in total. The summed E-state index contributed by atoms with van der Waals surface area (Å²) in [7, 11) is 0. The molecular formula is C37H47FN2O4. The monoisotopic (exact) mass is 602 g/mol. The molecule has 0 aromatic heterocycles. The lowest BCUT2D eigenvalue weighted by atomic mass is 9.85. The van der Waals surface area contributed by atoms with Crippen molar-refractivity contribution in [2.75, 3.05) is 0 Å². The lowest BCUT2D eigenvalue weighted by Gasteiger charge is -2.33. The first-order chi connectivity index (χ1) is 20.6. The summed E-state index contributed by atoms with van der Waals surface area (Å²) in [6, 6.07) is 23.1. The van der Waals surface area contributed by atoms with Crippen LogP contribution in [0.3, 0.4) is 0 Å². The van der Waals surface area contributed by atoms with Gasteiger partial charge in [-0.15, -0.1) is 0 Å². The quantitative estimate of drug-likeness (QED) is 0.210. The van der Waals surface area contributed by atoms with Gasteiger partial charge in [-0.3, -0.25) is 14.4 Å². The van der Waals surface area contributed by atoms with Gasteiger partial charge in [0, 0.05) is 11.5 Å². The van der Waals surface area contributed by atoms with Gasteiger partial charge in [0.25, 0.3) is 0 Å². The van der Waals surface area contributed by atoms with E-state index in [1.54, 1.807) is 26.8 Å². The number of amides is 2. The number of aryl methyl sites for hydroxylation is 1. The summed E-state index contributed by atoms with van der Waals surface area (Å²) in [5.41, 5.74) is 1.81. The van der Waals surface area contributed by atoms with Crippen molar-refractivity contribution >= 4 is 17.8 Å². The third-order valence-corrected chi connectivity index (χ3v) is 7.41. The first kappa shape index (κ1) is 34.5. The van der Waals surface area contributed by atoms with Gasteiger partial charge in [-0.25, -0.2) is 4.39 Å². The maximum Gasteiger partial charge on any atom is 0.307 e. The van der Waals surface area contributed by atoms with Crippen molar-refractivity contribution < 1.29 is 23.5 Å². The van der Waals surface area contributed by atoms with Crippen molar-refractivity contribution in [1.29, 1.82) is 0 Å². The fourth-order valence-electron chi connectivity index (χ4n) is 5.09. The van der Waals surface area contributed by atoms with E-state index in [1.807, 2.05) is 94.4 Å². The number of carbonyl (C=O) groups is 3. The number of carbonyl (C=O) groups excluding carboxylic acids is 3. The van der Waals surface area contributed by atoms with Crippen LogP contribution in [-0.4, -0.2) is 29.4 Å². The molecule has 236 valence electrons. The SMILES string of the molecule is CC(NC(=O)C(NC(=O)C(CCCc1ccc(-c2ccccc2)c(F)c1)CC(=O)OC(C)(C)C)C(C)(C)C)c1ccccc1. The highest BCUT2D eigenvalue weighted by atomic mass is 19.1. The van der Waals surface area contributed by atoms with Crippen LogP contribution in [0.15, 0.2) is 78.9 Å². The Kier molecular flexibility index (Phi) is 11.9. The van der Waals surface area contributed by atoms with Crippen LogP contribution in [0.1, 0.15) is 84.9 Å². The second-order valence-corrected chi connectivity index (χ2v) is 13.5. The predicted octanol–water partition coefficient (Wildman–Crippen LogP) is 7.57. The van der Waals surface area contributed by atoms with E-state index in [4.69, 9.17) is 4.74 Å². The van der Waals surface area contributed by atoms with Crippen molar-refractivity contribution in [3.05, 3.63) is 95.8 Å². The minimum Gasteiger partial charge on any atom is -0.460 e. The van der Waals surface area contributed by atoms with Gasteiger partial charge >= 0.3 is 5.97 Å². The number of hydrogen-bond donors (Lipinski definition) is 2. The normalized spacial score (nSPS) is 13.8. The summed E-state index contributed by atoms with van der Waals surface area (Å²) in [4.78, 5) is 40.0. The van der Waals surface area contributed by atoms with Crippen molar-refractivity contribution in [2.45, 2.75) is 91.8 Å². The van der Waals surface area contributed by atoms with Crippen LogP contribution in [-0.2, 0) is 25.5 Å². The van der Waals surface area contributed by atoms with E-state index >= 15 is 0 Å². The molecule has 0 heterocycles. The highest BCUT2D eigenvalue weighted by molar-refractivity contribution is 5.90. The minimum absolute atomic E-state index is 0.122. The Morgan fingerprint density at radius 1 is 0.818 bits per heavy atom. The standard InChI is InChI=1S/C37H47FN2O4/c1-25(27-16-10-8-11-17-27)39-35(43)33(36(2,3)4)40-34(42)29(24-32(41)44-37(5,6)7)20-14-15-26-21-22-30(31(38)23-26)28-18-12-9-13-19-28/h8-13,16-19,21-23,25,29,33H,14-15,20,24H2,1-7H3,(H,39,43)(H,40,42). The maximum atomic E-state index is 14.9. The van der Waals surface area contributed by atoms with E-state index in [-0.39, 0.29) is 30.1 Å². The second-order valence-electron chi connectivity index (χ2n) is 13.5. The van der Waals surface area contributed by atoms with Crippen molar-refractivity contribution in [1.82, 2.24) is 10.6 Å². The number of nitrogens with one attached hydrogen (secondary N) is 2. The van der Waals surface area contributed by atoms with Gasteiger partial charge in [0.05, 0.1) is 12.5 Å². The highest BCUT2D eigenvalue weighted by Crippen LogP contribution is 2.26. The third kappa shape index (κ3) is 10.6. The number of rotatable bonds is 12. The van der Waals surface area contributed by atoms with E-state index in [0.717, 1.165) is 16.7 Å². The molecule has 0 spiro atoms. The maximum absolute atomic E-state index is 14.9. The molecule has 0 fully saturated rings. The predicted molar refractivity (Wildman–Crippen MR) is 173 cm³/mol. The summed E-state index contributed by atoms with van der Waals surface area (Å²) in [6.45, 7) is 12.9. The summed E-state index contributed by atoms with van der Waals surface area (Å²) in [5, 5.41) is 5.97. The Labute approximate surface area is 261 Å². The molecule has 0 bridgehead atoms. The van der Waals surface area contributed by atoms with Crippen molar-refractivity contribution in [2.24, 2.45) is 11.3 Å². The van der Waals surface area contributed by atoms with Gasteiger partial charge in [0.15, 0.2) is 0 Å². The zero-order valence-electron chi connectivity index (χ0n) is 27.1. The molecule has 0 radical (unpaired) electrons. The van der Waals surface area contributed by atoms with Gasteiger partial charge in [-0.2, -0.15) is 0 Å². The van der Waals surface area contributed by atoms with Crippen LogP contribution in [0.4, 0.5) is 4.39 Å². The Morgan fingerprint density at radius 3 is 2.00 bits per heavy atom. The number of esters is 1. The molecule has 44 heavy (non-hydrogen) atoms. The molecule has 0 saturated heterocycles. The minimum atomic E-state index is -0.832. The highest BCUT2D eigenvalue weighted by Gasteiger charge is 2.36. The molecule has 0 aliphatic rings. The summed E-state index contributed by atoms with van der Waals surface area (Å²) in [5.74, 6) is -2.19. The molecular weight excluding hydrogens is 555 g/mol. The average molecular weight is 603 g/mol. The van der Waals surface area contributed by atoms with E-state index in [2.05, 4.69) is 10.6 Å². The second kappa shape index (κ2) is 15.1. The zero-order chi connectivity index (χ0) is 32.5. The Bertz CT molecular complexity index is 1390. The van der Waals surface area contributed by atoms with Gasteiger partial charge in [-0.1, -0.05) is 93.6 Å². The zero-order valence-corrected chi connectivity index (χ0v) is 27.1. The molecule has 3 atom stereocenters. The van der Waals surface area contributed by atoms with Crippen LogP contribution in [0.25, 0.3) is 11.1 Å². The Balaban J connectivity index is 1.72. The van der Waals surface area contributed by atoms with Gasteiger partial charge in [0.1, 0.15) is 17.5 Å². The Hall–Kier alpha value is -4.00. The molecule has 2 N–H and O–H groups in total. The van der Waals surface area contributed by atoms with E-state index < -0.39 is 28.9 Å². The van der Waals surface area contributed by atoms with Crippen LogP contribution in [0.2, 0.25) is 0 Å². The lowest BCUT2D eigenvalue weighted by molar-refractivity contribution is -0.157. The number of benzene rings is 3. The molecule has 3 aromatic carbocycles.